The van der Waals surface area contributed by atoms with Gasteiger partial charge in [-0.3, -0.25) is 0 Å². The van der Waals surface area contributed by atoms with Crippen LogP contribution in [0.3, 0.4) is 0 Å². The lowest BCUT2D eigenvalue weighted by Gasteiger charge is -2.23. The smallest absolute Gasteiger partial charge is 0.206 e. The zero-order chi connectivity index (χ0) is 19.1. The topological polar surface area (TPSA) is 55.9 Å². The Morgan fingerprint density at radius 2 is 1.69 bits per heavy atom. The minimum atomic E-state index is -3.61. The van der Waals surface area contributed by atoms with Crippen LogP contribution in [0.1, 0.15) is 37.5 Å². The second-order valence-electron chi connectivity index (χ2n) is 7.90. The van der Waals surface area contributed by atoms with Gasteiger partial charge in [-0.15, -0.1) is 0 Å². The Labute approximate surface area is 156 Å². The highest BCUT2D eigenvalue weighted by molar-refractivity contribution is 7.91. The molecular weight excluding hydrogens is 348 g/mol. The summed E-state index contributed by atoms with van der Waals surface area (Å²) in [5.41, 5.74) is 2.19. The Bertz CT molecular complexity index is 896. The first kappa shape index (κ1) is 18.9. The van der Waals surface area contributed by atoms with Gasteiger partial charge in [0.2, 0.25) is 9.84 Å². The van der Waals surface area contributed by atoms with Crippen LogP contribution >= 0.6 is 0 Å². The fraction of sp³-hybridized carbons (Fsp3) is 0.429. The molecule has 0 N–H and O–H groups in total. The van der Waals surface area contributed by atoms with Gasteiger partial charge in [-0.2, -0.15) is 0 Å². The number of hydrogen-bond acceptors (Lipinski definition) is 4. The first-order valence-corrected chi connectivity index (χ1v) is 10.3. The van der Waals surface area contributed by atoms with Crippen molar-refractivity contribution in [3.63, 3.8) is 0 Å². The number of ether oxygens (including phenoxy) is 2. The molecule has 3 rings (SSSR count). The summed E-state index contributed by atoms with van der Waals surface area (Å²) in [7, 11) is -3.61. The highest BCUT2D eigenvalue weighted by atomic mass is 32.2. The van der Waals surface area contributed by atoms with Gasteiger partial charge in [0.25, 0.3) is 0 Å². The first-order chi connectivity index (χ1) is 12.1. The molecule has 1 unspecified atom stereocenters. The number of rotatable bonds is 5. The molecule has 4 nitrogen and oxygen atoms in total. The molecule has 140 valence electrons. The van der Waals surface area contributed by atoms with E-state index in [1.165, 1.54) is 0 Å². The maximum absolute atomic E-state index is 13.3. The predicted octanol–water partition coefficient (Wildman–Crippen LogP) is 4.21. The van der Waals surface area contributed by atoms with Crippen molar-refractivity contribution in [3.05, 3.63) is 53.1 Å². The normalized spacial score (nSPS) is 17.2. The Hall–Kier alpha value is -1.85. The minimum absolute atomic E-state index is 0.163. The van der Waals surface area contributed by atoms with Crippen molar-refractivity contribution in [1.29, 1.82) is 0 Å². The van der Waals surface area contributed by atoms with E-state index in [-0.39, 0.29) is 11.5 Å². The lowest BCUT2D eigenvalue weighted by atomic mass is 9.87. The van der Waals surface area contributed by atoms with E-state index in [1.54, 1.807) is 24.3 Å². The largest absolute Gasteiger partial charge is 0.490 e. The Morgan fingerprint density at radius 3 is 2.23 bits per heavy atom. The second-order valence-corrected chi connectivity index (χ2v) is 9.82. The molecule has 0 bridgehead atoms. The van der Waals surface area contributed by atoms with Gasteiger partial charge in [0.05, 0.1) is 16.4 Å². The third kappa shape index (κ3) is 3.79. The molecule has 0 spiro atoms. The minimum Gasteiger partial charge on any atom is -0.490 e. The van der Waals surface area contributed by atoms with Crippen LogP contribution in [0.25, 0.3) is 0 Å². The van der Waals surface area contributed by atoms with Crippen LogP contribution in [-0.4, -0.2) is 27.7 Å². The summed E-state index contributed by atoms with van der Waals surface area (Å²) in [6.07, 6.45) is 0.163. The third-order valence-corrected chi connectivity index (χ3v) is 6.34. The van der Waals surface area contributed by atoms with Gasteiger partial charge < -0.3 is 9.47 Å². The summed E-state index contributed by atoms with van der Waals surface area (Å²) >= 11 is 0. The van der Waals surface area contributed by atoms with Crippen LogP contribution in [0.2, 0.25) is 0 Å². The van der Waals surface area contributed by atoms with Gasteiger partial charge in [0, 0.05) is 0 Å². The van der Waals surface area contributed by atoms with E-state index in [1.807, 2.05) is 46.8 Å². The predicted molar refractivity (Wildman–Crippen MR) is 102 cm³/mol. The van der Waals surface area contributed by atoms with Crippen molar-refractivity contribution in [2.45, 2.75) is 55.9 Å². The van der Waals surface area contributed by atoms with E-state index in [0.29, 0.717) is 16.4 Å². The summed E-state index contributed by atoms with van der Waals surface area (Å²) in [6, 6.07) is 10.6. The molecule has 1 aliphatic rings. The van der Waals surface area contributed by atoms with Crippen molar-refractivity contribution in [3.8, 4) is 5.75 Å². The van der Waals surface area contributed by atoms with Crippen molar-refractivity contribution in [1.82, 2.24) is 0 Å². The molecule has 5 heteroatoms. The van der Waals surface area contributed by atoms with E-state index < -0.39 is 9.84 Å². The standard InChI is InChI=1S/C21H26O4S/c1-14-10-17(11-15(2)20(14)25-13-16-12-24-16)26(22,23)19-9-7-6-8-18(19)21(3,4)5/h6-11,16H,12-13H2,1-5H3. The number of sulfone groups is 1. The number of epoxide rings is 1. The number of aryl methyl sites for hydroxylation is 2. The zero-order valence-corrected chi connectivity index (χ0v) is 16.8. The molecule has 1 saturated heterocycles. The lowest BCUT2D eigenvalue weighted by molar-refractivity contribution is 0.260. The number of benzene rings is 2. The highest BCUT2D eigenvalue weighted by Crippen LogP contribution is 2.35. The third-order valence-electron chi connectivity index (χ3n) is 4.54. The van der Waals surface area contributed by atoms with E-state index in [0.717, 1.165) is 29.0 Å². The van der Waals surface area contributed by atoms with Crippen LogP contribution in [0, 0.1) is 13.8 Å². The molecule has 1 heterocycles. The maximum Gasteiger partial charge on any atom is 0.206 e. The van der Waals surface area contributed by atoms with Crippen LogP contribution in [0.4, 0.5) is 0 Å². The van der Waals surface area contributed by atoms with E-state index in [9.17, 15) is 8.42 Å². The van der Waals surface area contributed by atoms with Crippen molar-refractivity contribution in [2.75, 3.05) is 13.2 Å². The van der Waals surface area contributed by atoms with Crippen molar-refractivity contribution >= 4 is 9.84 Å². The average molecular weight is 375 g/mol. The molecule has 1 atom stereocenters. The molecule has 26 heavy (non-hydrogen) atoms. The van der Waals surface area contributed by atoms with Crippen LogP contribution in [0.5, 0.6) is 5.75 Å². The molecular formula is C21H26O4S. The molecule has 0 aromatic heterocycles. The molecule has 2 aromatic carbocycles. The molecule has 0 radical (unpaired) electrons. The monoisotopic (exact) mass is 374 g/mol. The van der Waals surface area contributed by atoms with Gasteiger partial charge in [-0.25, -0.2) is 8.42 Å². The van der Waals surface area contributed by atoms with Gasteiger partial charge in [0.1, 0.15) is 18.5 Å². The molecule has 1 aliphatic heterocycles. The molecule has 0 amide bonds. The molecule has 2 aromatic rings. The maximum atomic E-state index is 13.3. The Morgan fingerprint density at radius 1 is 1.12 bits per heavy atom. The fourth-order valence-corrected chi connectivity index (χ4v) is 4.92. The van der Waals surface area contributed by atoms with Gasteiger partial charge in [0.15, 0.2) is 0 Å². The summed E-state index contributed by atoms with van der Waals surface area (Å²) in [6.45, 7) is 11.1. The SMILES string of the molecule is Cc1cc(S(=O)(=O)c2ccccc2C(C)(C)C)cc(C)c1OCC1CO1. The highest BCUT2D eigenvalue weighted by Gasteiger charge is 2.28. The number of hydrogen-bond donors (Lipinski definition) is 0. The van der Waals surface area contributed by atoms with E-state index >= 15 is 0 Å². The van der Waals surface area contributed by atoms with E-state index in [2.05, 4.69) is 0 Å². The summed E-state index contributed by atoms with van der Waals surface area (Å²) in [4.78, 5) is 0.672. The molecule has 1 fully saturated rings. The summed E-state index contributed by atoms with van der Waals surface area (Å²) in [5.74, 6) is 0.739. The summed E-state index contributed by atoms with van der Waals surface area (Å²) < 4.78 is 37.7. The lowest BCUT2D eigenvalue weighted by Crippen LogP contribution is -2.17. The average Bonchev–Trinajstić information content (AvgIpc) is 3.37. The molecule has 0 aliphatic carbocycles. The van der Waals surface area contributed by atoms with Gasteiger partial charge >= 0.3 is 0 Å². The van der Waals surface area contributed by atoms with Crippen molar-refractivity contribution in [2.24, 2.45) is 0 Å². The van der Waals surface area contributed by atoms with Gasteiger partial charge in [-0.1, -0.05) is 39.0 Å². The zero-order valence-electron chi connectivity index (χ0n) is 16.0. The van der Waals surface area contributed by atoms with E-state index in [4.69, 9.17) is 9.47 Å². The molecule has 0 saturated carbocycles. The Balaban J connectivity index is 2.03. The van der Waals surface area contributed by atoms with Crippen LogP contribution in [0.15, 0.2) is 46.2 Å². The van der Waals surface area contributed by atoms with Crippen LogP contribution < -0.4 is 4.74 Å². The van der Waals surface area contributed by atoms with Crippen molar-refractivity contribution < 1.29 is 17.9 Å². The first-order valence-electron chi connectivity index (χ1n) is 8.81. The Kier molecular flexibility index (Phi) is 4.88. The summed E-state index contributed by atoms with van der Waals surface area (Å²) in [5, 5.41) is 0. The quantitative estimate of drug-likeness (QED) is 0.736. The second kappa shape index (κ2) is 6.71. The fourth-order valence-electron chi connectivity index (χ4n) is 3.08. The van der Waals surface area contributed by atoms with Gasteiger partial charge in [-0.05, 0) is 54.2 Å². The van der Waals surface area contributed by atoms with Crippen LogP contribution in [-0.2, 0) is 20.0 Å².